The minimum absolute atomic E-state index is 0.236. The number of aliphatic hydroxyl groups is 1. The Morgan fingerprint density at radius 3 is 2.88 bits per heavy atom. The first-order valence-electron chi connectivity index (χ1n) is 6.37. The van der Waals surface area contributed by atoms with Gasteiger partial charge in [0.15, 0.2) is 0 Å². The molecule has 1 heterocycles. The Bertz CT molecular complexity index is 352. The number of hydrogen-bond acceptors (Lipinski definition) is 4. The molecule has 0 spiro atoms. The van der Waals surface area contributed by atoms with E-state index in [4.69, 9.17) is 10.8 Å². The molecule has 0 radical (unpaired) electrons. The molecule has 4 nitrogen and oxygen atoms in total. The molecular weight excluding hydrogens is 214 g/mol. The fourth-order valence-corrected chi connectivity index (χ4v) is 2.17. The van der Waals surface area contributed by atoms with E-state index in [1.807, 2.05) is 12.3 Å². The minimum Gasteiger partial charge on any atom is -0.396 e. The Balaban J connectivity index is 2.11. The van der Waals surface area contributed by atoms with Gasteiger partial charge in [0.25, 0.3) is 0 Å². The van der Waals surface area contributed by atoms with Crippen LogP contribution in [0.15, 0.2) is 18.3 Å². The summed E-state index contributed by atoms with van der Waals surface area (Å²) in [5.41, 5.74) is 6.77. The number of nitrogens with two attached hydrogens (primary N) is 1. The molecular formula is C13H21N3O. The normalized spacial score (nSPS) is 15.6. The van der Waals surface area contributed by atoms with Crippen molar-refractivity contribution < 1.29 is 5.11 Å². The van der Waals surface area contributed by atoms with Crippen molar-refractivity contribution in [2.45, 2.75) is 38.3 Å². The van der Waals surface area contributed by atoms with E-state index in [9.17, 15) is 0 Å². The number of pyridine rings is 1. The predicted octanol–water partition coefficient (Wildman–Crippen LogP) is 1.28. The average molecular weight is 235 g/mol. The molecule has 94 valence electrons. The Hall–Kier alpha value is -1.13. The van der Waals surface area contributed by atoms with E-state index in [1.54, 1.807) is 0 Å². The first-order valence-corrected chi connectivity index (χ1v) is 6.37. The summed E-state index contributed by atoms with van der Waals surface area (Å²) >= 11 is 0. The molecule has 4 heteroatoms. The van der Waals surface area contributed by atoms with Gasteiger partial charge in [0.2, 0.25) is 0 Å². The lowest BCUT2D eigenvalue weighted by molar-refractivity contribution is 0.282. The van der Waals surface area contributed by atoms with E-state index in [0.29, 0.717) is 12.6 Å². The summed E-state index contributed by atoms with van der Waals surface area (Å²) in [5.74, 6) is 1.01. The largest absolute Gasteiger partial charge is 0.396 e. The van der Waals surface area contributed by atoms with Crippen LogP contribution < -0.4 is 10.6 Å². The summed E-state index contributed by atoms with van der Waals surface area (Å²) in [6.07, 6.45) is 6.39. The van der Waals surface area contributed by atoms with Crippen molar-refractivity contribution >= 4 is 5.82 Å². The van der Waals surface area contributed by atoms with Crippen LogP contribution in [0.1, 0.15) is 31.2 Å². The molecule has 3 N–H and O–H groups in total. The lowest BCUT2D eigenvalue weighted by Crippen LogP contribution is -2.41. The predicted molar refractivity (Wildman–Crippen MR) is 68.8 cm³/mol. The van der Waals surface area contributed by atoms with Gasteiger partial charge in [0, 0.05) is 31.9 Å². The second-order valence-electron chi connectivity index (χ2n) is 4.58. The van der Waals surface area contributed by atoms with Crippen molar-refractivity contribution in [3.63, 3.8) is 0 Å². The van der Waals surface area contributed by atoms with E-state index < -0.39 is 0 Å². The zero-order valence-electron chi connectivity index (χ0n) is 10.2. The van der Waals surface area contributed by atoms with Crippen molar-refractivity contribution in [1.82, 2.24) is 4.98 Å². The number of anilines is 1. The van der Waals surface area contributed by atoms with Crippen LogP contribution in [0.25, 0.3) is 0 Å². The highest BCUT2D eigenvalue weighted by molar-refractivity contribution is 5.42. The standard InChI is InChI=1S/C13H21N3O/c14-10-11-5-6-15-13(9-11)16(7-2-8-17)12-3-1-4-12/h5-6,9,12,17H,1-4,7-8,10,14H2. The number of rotatable bonds is 6. The summed E-state index contributed by atoms with van der Waals surface area (Å²) in [4.78, 5) is 6.75. The van der Waals surface area contributed by atoms with Gasteiger partial charge in [0.1, 0.15) is 5.82 Å². The van der Waals surface area contributed by atoms with Gasteiger partial charge in [-0.2, -0.15) is 0 Å². The van der Waals surface area contributed by atoms with E-state index >= 15 is 0 Å². The Morgan fingerprint density at radius 2 is 2.29 bits per heavy atom. The molecule has 0 unspecified atom stereocenters. The first kappa shape index (κ1) is 12.3. The van der Waals surface area contributed by atoms with E-state index in [2.05, 4.69) is 16.0 Å². The maximum Gasteiger partial charge on any atom is 0.129 e. The second kappa shape index (κ2) is 5.98. The first-order chi connectivity index (χ1) is 8.35. The SMILES string of the molecule is NCc1ccnc(N(CCCO)C2CCC2)c1. The van der Waals surface area contributed by atoms with Crippen molar-refractivity contribution in [3.05, 3.63) is 23.9 Å². The molecule has 2 rings (SSSR count). The molecule has 0 amide bonds. The maximum absolute atomic E-state index is 8.97. The van der Waals surface area contributed by atoms with Gasteiger partial charge in [-0.1, -0.05) is 0 Å². The summed E-state index contributed by atoms with van der Waals surface area (Å²) < 4.78 is 0. The second-order valence-corrected chi connectivity index (χ2v) is 4.58. The summed E-state index contributed by atoms with van der Waals surface area (Å²) in [7, 11) is 0. The lowest BCUT2D eigenvalue weighted by Gasteiger charge is -2.38. The Labute approximate surface area is 102 Å². The summed E-state index contributed by atoms with van der Waals surface area (Å²) in [6.45, 7) is 1.66. The Kier molecular flexibility index (Phi) is 4.34. The van der Waals surface area contributed by atoms with Gasteiger partial charge < -0.3 is 15.7 Å². The van der Waals surface area contributed by atoms with Gasteiger partial charge >= 0.3 is 0 Å². The minimum atomic E-state index is 0.236. The van der Waals surface area contributed by atoms with Crippen LogP contribution >= 0.6 is 0 Å². The van der Waals surface area contributed by atoms with Crippen LogP contribution in [0.5, 0.6) is 0 Å². The van der Waals surface area contributed by atoms with Crippen LogP contribution in [0.4, 0.5) is 5.82 Å². The third-order valence-corrected chi connectivity index (χ3v) is 3.41. The van der Waals surface area contributed by atoms with Crippen LogP contribution in [0.3, 0.4) is 0 Å². The van der Waals surface area contributed by atoms with Crippen LogP contribution in [0, 0.1) is 0 Å². The monoisotopic (exact) mass is 235 g/mol. The van der Waals surface area contributed by atoms with Crippen molar-refractivity contribution in [2.24, 2.45) is 5.73 Å². The summed E-state index contributed by atoms with van der Waals surface area (Å²) in [5, 5.41) is 8.97. The molecule has 1 aliphatic carbocycles. The van der Waals surface area contributed by atoms with Crippen LogP contribution in [-0.4, -0.2) is 29.3 Å². The van der Waals surface area contributed by atoms with Gasteiger partial charge in [-0.15, -0.1) is 0 Å². The highest BCUT2D eigenvalue weighted by Gasteiger charge is 2.25. The van der Waals surface area contributed by atoms with Crippen LogP contribution in [0.2, 0.25) is 0 Å². The molecule has 1 fully saturated rings. The van der Waals surface area contributed by atoms with E-state index in [0.717, 1.165) is 24.3 Å². The quantitative estimate of drug-likeness (QED) is 0.779. The van der Waals surface area contributed by atoms with Gasteiger partial charge in [-0.3, -0.25) is 0 Å². The number of aliphatic hydroxyl groups excluding tert-OH is 1. The third kappa shape index (κ3) is 2.96. The van der Waals surface area contributed by atoms with Crippen molar-refractivity contribution in [3.8, 4) is 0 Å². The highest BCUT2D eigenvalue weighted by atomic mass is 16.3. The topological polar surface area (TPSA) is 62.4 Å². The molecule has 0 atom stereocenters. The van der Waals surface area contributed by atoms with Crippen LogP contribution in [-0.2, 0) is 6.54 Å². The zero-order valence-corrected chi connectivity index (χ0v) is 10.2. The lowest BCUT2D eigenvalue weighted by atomic mass is 9.91. The van der Waals surface area contributed by atoms with Crippen molar-refractivity contribution in [2.75, 3.05) is 18.1 Å². The number of nitrogens with zero attached hydrogens (tertiary/aromatic N) is 2. The zero-order chi connectivity index (χ0) is 12.1. The van der Waals surface area contributed by atoms with Gasteiger partial charge in [-0.25, -0.2) is 4.98 Å². The molecule has 17 heavy (non-hydrogen) atoms. The smallest absolute Gasteiger partial charge is 0.129 e. The van der Waals surface area contributed by atoms with E-state index in [1.165, 1.54) is 19.3 Å². The highest BCUT2D eigenvalue weighted by Crippen LogP contribution is 2.28. The summed E-state index contributed by atoms with van der Waals surface area (Å²) in [6, 6.07) is 4.62. The number of aromatic nitrogens is 1. The van der Waals surface area contributed by atoms with Gasteiger partial charge in [0.05, 0.1) is 0 Å². The molecule has 1 aliphatic rings. The molecule has 0 aliphatic heterocycles. The molecule has 1 aromatic rings. The molecule has 0 aromatic carbocycles. The molecule has 1 aromatic heterocycles. The third-order valence-electron chi connectivity index (χ3n) is 3.41. The molecule has 0 bridgehead atoms. The fraction of sp³-hybridized carbons (Fsp3) is 0.615. The fourth-order valence-electron chi connectivity index (χ4n) is 2.17. The van der Waals surface area contributed by atoms with Crippen molar-refractivity contribution in [1.29, 1.82) is 0 Å². The van der Waals surface area contributed by atoms with E-state index in [-0.39, 0.29) is 6.61 Å². The molecule has 0 saturated heterocycles. The van der Waals surface area contributed by atoms with Gasteiger partial charge in [-0.05, 0) is 43.4 Å². The maximum atomic E-state index is 8.97. The molecule has 1 saturated carbocycles. The Morgan fingerprint density at radius 1 is 1.47 bits per heavy atom. The number of hydrogen-bond donors (Lipinski definition) is 2. The average Bonchev–Trinajstić information content (AvgIpc) is 2.32.